The van der Waals surface area contributed by atoms with E-state index in [9.17, 15) is 9.59 Å². The lowest BCUT2D eigenvalue weighted by atomic mass is 10.1. The normalized spacial score (nSPS) is 22.0. The summed E-state index contributed by atoms with van der Waals surface area (Å²) in [7, 11) is 0. The molecule has 2 amide bonds. The Morgan fingerprint density at radius 2 is 1.76 bits per heavy atom. The third-order valence-electron chi connectivity index (χ3n) is 4.65. The maximum absolute atomic E-state index is 13.0. The van der Waals surface area contributed by atoms with E-state index in [1.165, 1.54) is 4.90 Å². The summed E-state index contributed by atoms with van der Waals surface area (Å²) in [6.45, 7) is 4.03. The minimum Gasteiger partial charge on any atom is -0.271 e. The van der Waals surface area contributed by atoms with Crippen LogP contribution in [0.15, 0.2) is 58.9 Å². The molecule has 2 aromatic carbocycles. The van der Waals surface area contributed by atoms with Crippen molar-refractivity contribution in [2.75, 3.05) is 9.91 Å². The summed E-state index contributed by atoms with van der Waals surface area (Å²) in [4.78, 5) is 26.9. The number of amides is 2. The number of fused-ring (bicyclic) bond motifs is 1. The molecule has 6 nitrogen and oxygen atoms in total. The number of hydrogen-bond donors (Lipinski definition) is 0. The Balaban J connectivity index is 1.68. The van der Waals surface area contributed by atoms with Crippen LogP contribution in [0.1, 0.15) is 18.1 Å². The zero-order valence-electron chi connectivity index (χ0n) is 14.1. The lowest BCUT2D eigenvalue weighted by Crippen LogP contribution is -2.39. The van der Waals surface area contributed by atoms with Crippen LogP contribution in [0, 0.1) is 6.92 Å². The van der Waals surface area contributed by atoms with Gasteiger partial charge in [-0.1, -0.05) is 36.4 Å². The number of carbonyl (C=O) groups excluding carboxylic acids is 2. The summed E-state index contributed by atoms with van der Waals surface area (Å²) in [5, 5.41) is 9.70. The molecule has 1 saturated heterocycles. The van der Waals surface area contributed by atoms with Crippen molar-refractivity contribution < 1.29 is 9.59 Å². The van der Waals surface area contributed by atoms with Crippen LogP contribution in [0.3, 0.4) is 0 Å². The molecule has 2 aromatic rings. The first-order valence-electron chi connectivity index (χ1n) is 8.33. The Bertz CT molecular complexity index is 875. The van der Waals surface area contributed by atoms with Gasteiger partial charge >= 0.3 is 0 Å². The molecule has 0 aromatic heterocycles. The quantitative estimate of drug-likeness (QED) is 0.810. The van der Waals surface area contributed by atoms with Crippen LogP contribution in [-0.2, 0) is 16.0 Å². The van der Waals surface area contributed by atoms with Crippen LogP contribution >= 0.6 is 0 Å². The third-order valence-corrected chi connectivity index (χ3v) is 4.65. The second-order valence-corrected chi connectivity index (χ2v) is 6.31. The highest BCUT2D eigenvalue weighted by atomic mass is 16.2. The van der Waals surface area contributed by atoms with Crippen molar-refractivity contribution in [3.05, 3.63) is 59.7 Å². The molecule has 6 heteroatoms. The molecule has 2 atom stereocenters. The Kier molecular flexibility index (Phi) is 3.60. The monoisotopic (exact) mass is 334 g/mol. The fourth-order valence-electron chi connectivity index (χ4n) is 3.28. The Morgan fingerprint density at radius 1 is 1.00 bits per heavy atom. The zero-order valence-corrected chi connectivity index (χ0v) is 14.1. The van der Waals surface area contributed by atoms with Gasteiger partial charge in [-0.3, -0.25) is 9.59 Å². The van der Waals surface area contributed by atoms with Gasteiger partial charge in [-0.05, 0) is 48.7 Å². The lowest BCUT2D eigenvalue weighted by molar-refractivity contribution is -0.121. The van der Waals surface area contributed by atoms with Gasteiger partial charge in [-0.2, -0.15) is 5.11 Å². The van der Waals surface area contributed by atoms with E-state index in [-0.39, 0.29) is 11.8 Å². The Hall–Kier alpha value is -3.02. The largest absolute Gasteiger partial charge is 0.271 e. The first kappa shape index (κ1) is 15.5. The van der Waals surface area contributed by atoms with Crippen LogP contribution < -0.4 is 9.91 Å². The Morgan fingerprint density at radius 3 is 2.44 bits per heavy atom. The first-order valence-corrected chi connectivity index (χ1v) is 8.33. The molecule has 0 aliphatic carbocycles. The van der Waals surface area contributed by atoms with Gasteiger partial charge in [0.1, 0.15) is 0 Å². The molecule has 0 radical (unpaired) electrons. The van der Waals surface area contributed by atoms with Crippen molar-refractivity contribution in [2.24, 2.45) is 10.3 Å². The predicted molar refractivity (Wildman–Crippen MR) is 94.4 cm³/mol. The lowest BCUT2D eigenvalue weighted by Gasteiger charge is -2.21. The molecule has 0 spiro atoms. The van der Waals surface area contributed by atoms with Gasteiger partial charge in [-0.25, -0.2) is 9.91 Å². The fourth-order valence-corrected chi connectivity index (χ4v) is 3.28. The fraction of sp³-hybridized carbons (Fsp3) is 0.263. The zero-order chi connectivity index (χ0) is 17.6. The maximum Gasteiger partial charge on any atom is 0.263 e. The van der Waals surface area contributed by atoms with E-state index >= 15 is 0 Å². The van der Waals surface area contributed by atoms with E-state index in [4.69, 9.17) is 0 Å². The third kappa shape index (κ3) is 2.41. The Labute approximate surface area is 145 Å². The summed E-state index contributed by atoms with van der Waals surface area (Å²) in [5.74, 6) is -0.607. The minimum atomic E-state index is -0.779. The average Bonchev–Trinajstić information content (AvgIpc) is 3.16. The van der Waals surface area contributed by atoms with Crippen molar-refractivity contribution in [3.8, 4) is 0 Å². The number of nitrogens with zero attached hydrogens (tertiary/aromatic N) is 4. The van der Waals surface area contributed by atoms with E-state index in [1.54, 1.807) is 5.01 Å². The van der Waals surface area contributed by atoms with E-state index in [2.05, 4.69) is 17.3 Å². The highest BCUT2D eigenvalue weighted by Gasteiger charge is 2.55. The molecular weight excluding hydrogens is 316 g/mol. The number of carbonyl (C=O) groups is 2. The summed E-state index contributed by atoms with van der Waals surface area (Å²) in [6.07, 6.45) is 0.906. The molecule has 0 N–H and O–H groups in total. The molecule has 2 aliphatic heterocycles. The molecule has 126 valence electrons. The topological polar surface area (TPSA) is 65.3 Å². The number of rotatable bonds is 3. The predicted octanol–water partition coefficient (Wildman–Crippen LogP) is 3.06. The molecule has 0 bridgehead atoms. The molecule has 25 heavy (non-hydrogen) atoms. The van der Waals surface area contributed by atoms with Gasteiger partial charge < -0.3 is 0 Å². The standard InChI is InChI=1S/C19H18N4O2/c1-3-13-7-9-14(10-8-13)22-18(24)16-17(19(22)25)23(21-20-16)15-6-4-5-12(2)11-15/h4-11,16-17H,3H2,1-2H3. The van der Waals surface area contributed by atoms with E-state index in [0.717, 1.165) is 23.2 Å². The molecule has 2 heterocycles. The van der Waals surface area contributed by atoms with E-state index in [0.29, 0.717) is 5.69 Å². The highest BCUT2D eigenvalue weighted by molar-refractivity contribution is 6.26. The number of imide groups is 1. The summed E-state index contributed by atoms with van der Waals surface area (Å²) >= 11 is 0. The van der Waals surface area contributed by atoms with Gasteiger partial charge in [0.25, 0.3) is 11.8 Å². The summed E-state index contributed by atoms with van der Waals surface area (Å²) < 4.78 is 0. The van der Waals surface area contributed by atoms with Gasteiger partial charge in [0.05, 0.1) is 11.4 Å². The van der Waals surface area contributed by atoms with Crippen molar-refractivity contribution >= 4 is 23.2 Å². The molecule has 2 unspecified atom stereocenters. The van der Waals surface area contributed by atoms with Crippen LogP contribution in [0.25, 0.3) is 0 Å². The minimum absolute atomic E-state index is 0.286. The van der Waals surface area contributed by atoms with Crippen LogP contribution in [0.5, 0.6) is 0 Å². The molecule has 2 aliphatic rings. The van der Waals surface area contributed by atoms with Gasteiger partial charge in [-0.15, -0.1) is 0 Å². The molecular formula is C19H18N4O2. The van der Waals surface area contributed by atoms with Crippen molar-refractivity contribution in [1.29, 1.82) is 0 Å². The van der Waals surface area contributed by atoms with Gasteiger partial charge in [0.2, 0.25) is 0 Å². The maximum atomic E-state index is 13.0. The van der Waals surface area contributed by atoms with E-state index < -0.39 is 12.1 Å². The van der Waals surface area contributed by atoms with Crippen molar-refractivity contribution in [3.63, 3.8) is 0 Å². The number of hydrogen-bond acceptors (Lipinski definition) is 5. The number of aryl methyl sites for hydroxylation is 2. The van der Waals surface area contributed by atoms with Crippen LogP contribution in [0.4, 0.5) is 11.4 Å². The van der Waals surface area contributed by atoms with E-state index in [1.807, 2.05) is 55.5 Å². The second-order valence-electron chi connectivity index (χ2n) is 6.31. The van der Waals surface area contributed by atoms with Crippen molar-refractivity contribution in [2.45, 2.75) is 32.4 Å². The van der Waals surface area contributed by atoms with Crippen LogP contribution in [0.2, 0.25) is 0 Å². The van der Waals surface area contributed by atoms with Gasteiger partial charge in [0, 0.05) is 0 Å². The van der Waals surface area contributed by atoms with Crippen molar-refractivity contribution in [1.82, 2.24) is 0 Å². The molecule has 1 fully saturated rings. The summed E-state index contributed by atoms with van der Waals surface area (Å²) in [6, 6.07) is 13.7. The highest BCUT2D eigenvalue weighted by Crippen LogP contribution is 2.35. The SMILES string of the molecule is CCc1ccc(N2C(=O)C3N=NN(c4cccc(C)c4)C3C2=O)cc1. The number of anilines is 2. The first-order chi connectivity index (χ1) is 12.1. The number of benzene rings is 2. The van der Waals surface area contributed by atoms with Gasteiger partial charge in [0.15, 0.2) is 12.1 Å². The van der Waals surface area contributed by atoms with Crippen LogP contribution in [-0.4, -0.2) is 23.9 Å². The molecule has 0 saturated carbocycles. The molecule has 4 rings (SSSR count). The smallest absolute Gasteiger partial charge is 0.263 e. The average molecular weight is 334 g/mol. The second kappa shape index (κ2) is 5.81. The summed E-state index contributed by atoms with van der Waals surface area (Å²) in [5.41, 5.74) is 3.56.